The topological polar surface area (TPSA) is 565 Å². The molecule has 0 saturated heterocycles. The van der Waals surface area contributed by atoms with Crippen LogP contribution < -0.4 is 76.1 Å². The Morgan fingerprint density at radius 3 is 1.50 bits per heavy atom. The molecule has 2 heterocycles. The smallest absolute Gasteiger partial charge is 0.326 e. The lowest BCUT2D eigenvalue weighted by Crippen LogP contribution is -2.62. The molecule has 1 aromatic carbocycles. The summed E-state index contributed by atoms with van der Waals surface area (Å²) in [6, 6.07) is -8.35. The van der Waals surface area contributed by atoms with Crippen LogP contribution >= 0.6 is 11.8 Å². The Kier molecular flexibility index (Phi) is 37.7. The van der Waals surface area contributed by atoms with E-state index in [4.69, 9.17) is 22.9 Å². The van der Waals surface area contributed by atoms with Crippen LogP contribution in [0.4, 0.5) is 0 Å². The molecule has 15 atom stereocenters. The number of imidazole rings is 1. The van der Waals surface area contributed by atoms with Gasteiger partial charge in [0, 0.05) is 36.9 Å². The Hall–Kier alpha value is -9.09. The first-order valence-electron chi connectivity index (χ1n) is 34.1. The number of nitrogens with one attached hydrogen (secondary N) is 11. The number of primary amides is 1. The fourth-order valence-corrected chi connectivity index (χ4v) is 11.7. The van der Waals surface area contributed by atoms with E-state index in [0.717, 1.165) is 6.42 Å². The van der Waals surface area contributed by atoms with Gasteiger partial charge in [0.2, 0.25) is 65.0 Å². The van der Waals surface area contributed by atoms with Crippen LogP contribution in [0.2, 0.25) is 0 Å². The number of hydrogen-bond acceptors (Lipinski definition) is 20. The minimum Gasteiger partial charge on any atom is -0.481 e. The molecule has 35 heteroatoms. The van der Waals surface area contributed by atoms with Gasteiger partial charge < -0.3 is 96.4 Å². The van der Waals surface area contributed by atoms with Crippen LogP contribution in [0.1, 0.15) is 150 Å². The van der Waals surface area contributed by atoms with Crippen molar-refractivity contribution in [1.82, 2.24) is 63.1 Å². The zero-order valence-electron chi connectivity index (χ0n) is 58.7. The molecule has 0 radical (unpaired) electrons. The highest BCUT2D eigenvalue weighted by Gasteiger charge is 2.40. The Morgan fingerprint density at radius 1 is 0.535 bits per heavy atom. The number of aliphatic carboxylic acids is 3. The number of benzene rings is 1. The molecular formula is C66H105N17O17S. The number of thioether (sulfide) groups is 1. The quantitative estimate of drug-likeness (QED) is 0.0326. The first-order chi connectivity index (χ1) is 47.8. The molecule has 34 nitrogen and oxygen atoms in total. The zero-order chi connectivity index (χ0) is 75.6. The van der Waals surface area contributed by atoms with Gasteiger partial charge in [0.05, 0.1) is 30.3 Å². The van der Waals surface area contributed by atoms with Gasteiger partial charge >= 0.3 is 17.9 Å². The van der Waals surface area contributed by atoms with Gasteiger partial charge in [0.15, 0.2) is 0 Å². The molecule has 2 aromatic rings. The van der Waals surface area contributed by atoms with Crippen LogP contribution in [0.25, 0.3) is 0 Å². The molecule has 0 bridgehead atoms. The molecule has 0 spiro atoms. The average molecular weight is 1440 g/mol. The van der Waals surface area contributed by atoms with Gasteiger partial charge in [0.1, 0.15) is 66.5 Å². The molecule has 0 fully saturated rings. The number of amides is 11. The first-order valence-corrected chi connectivity index (χ1v) is 35.1. The van der Waals surface area contributed by atoms with Crippen LogP contribution in [0.5, 0.6) is 0 Å². The van der Waals surface area contributed by atoms with Crippen LogP contribution in [-0.2, 0) is 80.0 Å². The van der Waals surface area contributed by atoms with Gasteiger partial charge in [-0.3, -0.25) is 67.3 Å². The molecule has 3 rings (SSSR count). The summed E-state index contributed by atoms with van der Waals surface area (Å²) in [4.78, 5) is 202. The predicted octanol–water partition coefficient (Wildman–Crippen LogP) is -1.76. The highest BCUT2D eigenvalue weighted by Crippen LogP contribution is 2.25. The summed E-state index contributed by atoms with van der Waals surface area (Å²) in [5, 5.41) is 55.4. The standard InChI is InChI=1S/C66H105N17O17S/c1-9-35(6)52(70)65-81-48(32-101-65)62(96)76-43(26-34(4)5)58(92)74-42(22-23-50(85)86)57(91)83-53(36(7)10-2)63(97)75-40(20-15-16-24-67)55(89)73-41(21-17-25-68)56(90)82-54(37(8)11-3)64(98)79-44(27-38-18-13-12-14-19-38)59(93)77-45(28-39-31-71-33-72-39)60(94)78-46(30-51(87)88)61(95)80-47(66(99)100)29-49(69)84/h12-14,18-19,31,33-37,40-48,52-54H,9-11,15-17,20-30,32,67-68,70H2,1-8H3,(H2,69,84)(H,71,72)(H,73,89)(H,74,92)(H,75,97)(H,76,96)(H,77,93)(H,78,94)(H,79,98)(H,80,95)(H,82,90)(H,83,91)(H,85,86)(H,87,88)(H,99,100). The van der Waals surface area contributed by atoms with Crippen molar-refractivity contribution < 1.29 is 82.4 Å². The molecule has 101 heavy (non-hydrogen) atoms. The van der Waals surface area contributed by atoms with E-state index in [-0.39, 0.29) is 94.4 Å². The van der Waals surface area contributed by atoms with Crippen LogP contribution in [0.15, 0.2) is 47.8 Å². The number of aromatic nitrogens is 2. The molecule has 22 N–H and O–H groups in total. The summed E-state index contributed by atoms with van der Waals surface area (Å²) in [6.45, 7) is 14.6. The average Bonchev–Trinajstić information content (AvgIpc) is 1.21. The third-order valence-corrected chi connectivity index (χ3v) is 18.3. The molecule has 1 aliphatic rings. The molecule has 0 saturated carbocycles. The Labute approximate surface area is 591 Å². The Bertz CT molecular complexity index is 3140. The second kappa shape index (κ2) is 44.2. The maximum absolute atomic E-state index is 14.8. The third kappa shape index (κ3) is 29.9. The number of hydrogen-bond donors (Lipinski definition) is 18. The molecule has 1 aromatic heterocycles. The Morgan fingerprint density at radius 2 is 1.00 bits per heavy atom. The summed E-state index contributed by atoms with van der Waals surface area (Å²) in [5.41, 5.74) is 24.1. The van der Waals surface area contributed by atoms with E-state index in [1.165, 1.54) is 24.3 Å². The lowest BCUT2D eigenvalue weighted by Gasteiger charge is -2.30. The normalized spacial score (nSPS) is 16.9. The number of H-pyrrole nitrogens is 1. The van der Waals surface area contributed by atoms with E-state index in [9.17, 15) is 82.4 Å². The summed E-state index contributed by atoms with van der Waals surface area (Å²) < 4.78 is 0. The van der Waals surface area contributed by atoms with Crippen molar-refractivity contribution in [3.63, 3.8) is 0 Å². The van der Waals surface area contributed by atoms with Crippen molar-refractivity contribution >= 4 is 99.7 Å². The highest BCUT2D eigenvalue weighted by molar-refractivity contribution is 8.14. The monoisotopic (exact) mass is 1440 g/mol. The van der Waals surface area contributed by atoms with Crippen molar-refractivity contribution in [2.75, 3.05) is 18.8 Å². The molecule has 15 unspecified atom stereocenters. The van der Waals surface area contributed by atoms with E-state index < -0.39 is 187 Å². The second-order valence-corrected chi connectivity index (χ2v) is 26.8. The maximum Gasteiger partial charge on any atom is 0.326 e. The van der Waals surface area contributed by atoms with Gasteiger partial charge in [-0.15, -0.1) is 11.8 Å². The fraction of sp³-hybridized carbons (Fsp3) is 0.636. The molecule has 11 amide bonds. The number of carbonyl (C=O) groups is 14. The van der Waals surface area contributed by atoms with Crippen molar-refractivity contribution in [3.05, 3.63) is 54.1 Å². The lowest BCUT2D eigenvalue weighted by molar-refractivity contribution is -0.145. The largest absolute Gasteiger partial charge is 0.481 e. The Balaban J connectivity index is 1.96. The van der Waals surface area contributed by atoms with E-state index in [1.54, 1.807) is 58.0 Å². The van der Waals surface area contributed by atoms with Crippen molar-refractivity contribution in [2.45, 2.75) is 224 Å². The summed E-state index contributed by atoms with van der Waals surface area (Å²) in [7, 11) is 0. The van der Waals surface area contributed by atoms with Crippen molar-refractivity contribution in [3.8, 4) is 0 Å². The minimum absolute atomic E-state index is 0.0324. The second-order valence-electron chi connectivity index (χ2n) is 25.8. The zero-order valence-corrected chi connectivity index (χ0v) is 59.5. The molecular weight excluding hydrogens is 1330 g/mol. The predicted molar refractivity (Wildman–Crippen MR) is 373 cm³/mol. The number of nitrogens with two attached hydrogens (primary N) is 4. The van der Waals surface area contributed by atoms with Gasteiger partial charge in [-0.25, -0.2) is 9.78 Å². The number of carboxylic acid groups (broad SMARTS) is 3. The minimum atomic E-state index is -1.97. The maximum atomic E-state index is 14.8. The van der Waals surface area contributed by atoms with Crippen LogP contribution in [-0.4, -0.2) is 205 Å². The van der Waals surface area contributed by atoms with Crippen LogP contribution in [0, 0.1) is 23.7 Å². The number of aliphatic imine (C=N–C) groups is 1. The number of nitrogens with zero attached hydrogens (tertiary/aromatic N) is 2. The number of carbonyl (C=O) groups excluding carboxylic acids is 11. The van der Waals surface area contributed by atoms with E-state index in [0.29, 0.717) is 22.8 Å². The third-order valence-electron chi connectivity index (χ3n) is 17.2. The number of carboxylic acids is 3. The fourth-order valence-electron chi connectivity index (χ4n) is 10.5. The summed E-state index contributed by atoms with van der Waals surface area (Å²) >= 11 is 1.36. The summed E-state index contributed by atoms with van der Waals surface area (Å²) in [6.07, 6.45) is 1.17. The molecule has 1 aliphatic heterocycles. The number of rotatable bonds is 48. The van der Waals surface area contributed by atoms with E-state index >= 15 is 0 Å². The van der Waals surface area contributed by atoms with Crippen molar-refractivity contribution in [1.29, 1.82) is 0 Å². The molecule has 0 aliphatic carbocycles. The lowest BCUT2D eigenvalue weighted by atomic mass is 9.96. The number of aromatic amines is 1. The van der Waals surface area contributed by atoms with Crippen LogP contribution in [0.3, 0.4) is 0 Å². The van der Waals surface area contributed by atoms with E-state index in [1.807, 2.05) is 33.0 Å². The summed E-state index contributed by atoms with van der Waals surface area (Å²) in [5.74, 6) is -16.0. The van der Waals surface area contributed by atoms with Crippen molar-refractivity contribution in [2.24, 2.45) is 51.6 Å². The van der Waals surface area contributed by atoms with E-state index in [2.05, 4.69) is 62.8 Å². The number of unbranched alkanes of at least 4 members (excludes halogenated alkanes) is 1. The van der Waals surface area contributed by atoms with Gasteiger partial charge in [-0.1, -0.05) is 105 Å². The van der Waals surface area contributed by atoms with Gasteiger partial charge in [-0.2, -0.15) is 0 Å². The van der Waals surface area contributed by atoms with Gasteiger partial charge in [-0.05, 0) is 87.3 Å². The van der Waals surface area contributed by atoms with Gasteiger partial charge in [0.25, 0.3) is 0 Å². The first kappa shape index (κ1) is 86.1. The highest BCUT2D eigenvalue weighted by atomic mass is 32.2. The molecule has 562 valence electrons. The SMILES string of the molecule is CCC(C)C(N)C1=NC(C(=O)NC(CC(C)C)C(=O)NC(CCC(=O)O)C(=O)NC(C(=O)NC(CCCCN)C(=O)NC(CCCN)C(=O)NC(C(=O)NC(Cc2ccccc2)C(=O)NC(Cc2cnc[nH]2)C(=O)NC(CC(=O)O)C(=O)NC(CC(N)=O)C(=O)O)C(C)CC)C(C)CC)CS1.